The molecule has 0 amide bonds. The lowest BCUT2D eigenvalue weighted by Gasteiger charge is -2.26. The largest absolute Gasteiger partial charge is 0.310 e. The summed E-state index contributed by atoms with van der Waals surface area (Å²) in [6.07, 6.45) is 0. The van der Waals surface area contributed by atoms with Crippen LogP contribution in [0.5, 0.6) is 0 Å². The van der Waals surface area contributed by atoms with Gasteiger partial charge in [0.15, 0.2) is 0 Å². The van der Waals surface area contributed by atoms with Crippen molar-refractivity contribution in [3.8, 4) is 61.3 Å². The SMILES string of the molecule is c1ccc(-c2ccccc2-c2ccccc2-c2ccccc2-c2ccc(N(c3ccc(-c4cccc(-n5c6ccccc6c6ccccc65)c4)cc3)c3ccc4ccccc4c3)cc2)cc1. The first-order chi connectivity index (χ1) is 32.7. The molecule has 0 aliphatic rings. The molecule has 12 rings (SSSR count). The molecule has 12 aromatic rings. The van der Waals surface area contributed by atoms with Crippen molar-refractivity contribution in [2.75, 3.05) is 4.90 Å². The van der Waals surface area contributed by atoms with Crippen LogP contribution in [0.3, 0.4) is 0 Å². The molecule has 0 atom stereocenters. The smallest absolute Gasteiger partial charge is 0.0541 e. The quantitative estimate of drug-likeness (QED) is 0.141. The molecule has 2 heteroatoms. The molecule has 0 aliphatic carbocycles. The second-order valence-corrected chi connectivity index (χ2v) is 16.9. The molecular weight excluding hydrogens is 797 g/mol. The second kappa shape index (κ2) is 16.8. The summed E-state index contributed by atoms with van der Waals surface area (Å²) in [6, 6.07) is 96.8. The average Bonchev–Trinajstić information content (AvgIpc) is 3.74. The van der Waals surface area contributed by atoms with Gasteiger partial charge in [-0.3, -0.25) is 0 Å². The highest BCUT2D eigenvalue weighted by atomic mass is 15.1. The lowest BCUT2D eigenvalue weighted by molar-refractivity contribution is 1.18. The Hall–Kier alpha value is -8.72. The molecule has 0 bridgehead atoms. The normalized spacial score (nSPS) is 11.3. The minimum absolute atomic E-state index is 1.09. The molecule has 1 heterocycles. The van der Waals surface area contributed by atoms with E-state index < -0.39 is 0 Å². The van der Waals surface area contributed by atoms with Crippen LogP contribution in [0.15, 0.2) is 267 Å². The van der Waals surface area contributed by atoms with Gasteiger partial charge >= 0.3 is 0 Å². The van der Waals surface area contributed by atoms with Crippen LogP contribution in [0.2, 0.25) is 0 Å². The topological polar surface area (TPSA) is 8.17 Å². The first kappa shape index (κ1) is 38.9. The minimum Gasteiger partial charge on any atom is -0.310 e. The fourth-order valence-corrected chi connectivity index (χ4v) is 9.89. The van der Waals surface area contributed by atoms with E-state index in [9.17, 15) is 0 Å². The van der Waals surface area contributed by atoms with Gasteiger partial charge in [-0.2, -0.15) is 0 Å². The zero-order valence-electron chi connectivity index (χ0n) is 36.3. The Kier molecular flexibility index (Phi) is 9.89. The summed E-state index contributed by atoms with van der Waals surface area (Å²) in [4.78, 5) is 2.37. The molecule has 0 saturated heterocycles. The predicted molar refractivity (Wildman–Crippen MR) is 280 cm³/mol. The summed E-state index contributed by atoms with van der Waals surface area (Å²) < 4.78 is 2.38. The van der Waals surface area contributed by atoms with Crippen molar-refractivity contribution in [2.24, 2.45) is 0 Å². The maximum absolute atomic E-state index is 2.38. The zero-order chi connectivity index (χ0) is 43.8. The van der Waals surface area contributed by atoms with Crippen molar-refractivity contribution in [3.63, 3.8) is 0 Å². The molecule has 1 aromatic heterocycles. The van der Waals surface area contributed by atoms with E-state index in [0.29, 0.717) is 0 Å². The predicted octanol–water partition coefficient (Wildman–Crippen LogP) is 17.7. The summed E-state index contributed by atoms with van der Waals surface area (Å²) in [7, 11) is 0. The summed E-state index contributed by atoms with van der Waals surface area (Å²) in [5, 5.41) is 4.95. The Bertz CT molecular complexity index is 3640. The molecule has 0 saturated carbocycles. The lowest BCUT2D eigenvalue weighted by atomic mass is 9.87. The van der Waals surface area contributed by atoms with Gasteiger partial charge in [0, 0.05) is 33.5 Å². The Morgan fingerprint density at radius 2 is 0.667 bits per heavy atom. The van der Waals surface area contributed by atoms with E-state index in [-0.39, 0.29) is 0 Å². The van der Waals surface area contributed by atoms with Gasteiger partial charge < -0.3 is 9.47 Å². The average molecular weight is 841 g/mol. The molecule has 0 aliphatic heterocycles. The van der Waals surface area contributed by atoms with Gasteiger partial charge in [0.25, 0.3) is 0 Å². The summed E-state index contributed by atoms with van der Waals surface area (Å²) in [5.41, 5.74) is 18.8. The Morgan fingerprint density at radius 3 is 1.26 bits per heavy atom. The van der Waals surface area contributed by atoms with E-state index in [2.05, 4.69) is 276 Å². The number of benzene rings is 11. The molecule has 0 spiro atoms. The van der Waals surface area contributed by atoms with Crippen LogP contribution in [-0.4, -0.2) is 4.57 Å². The third-order valence-corrected chi connectivity index (χ3v) is 13.0. The zero-order valence-corrected chi connectivity index (χ0v) is 36.3. The van der Waals surface area contributed by atoms with Crippen molar-refractivity contribution in [1.82, 2.24) is 4.57 Å². The number of anilines is 3. The van der Waals surface area contributed by atoms with E-state index in [1.54, 1.807) is 0 Å². The fraction of sp³-hybridized carbons (Fsp3) is 0. The van der Waals surface area contributed by atoms with Crippen LogP contribution in [-0.2, 0) is 0 Å². The van der Waals surface area contributed by atoms with Crippen molar-refractivity contribution in [1.29, 1.82) is 0 Å². The van der Waals surface area contributed by atoms with Gasteiger partial charge in [-0.25, -0.2) is 0 Å². The number of nitrogens with zero attached hydrogens (tertiary/aromatic N) is 2. The van der Waals surface area contributed by atoms with E-state index in [0.717, 1.165) is 28.3 Å². The van der Waals surface area contributed by atoms with Crippen molar-refractivity contribution in [3.05, 3.63) is 267 Å². The van der Waals surface area contributed by atoms with Gasteiger partial charge in [-0.1, -0.05) is 206 Å². The van der Waals surface area contributed by atoms with Gasteiger partial charge in [0.2, 0.25) is 0 Å². The summed E-state index contributed by atoms with van der Waals surface area (Å²) in [6.45, 7) is 0. The molecule has 66 heavy (non-hydrogen) atoms. The Morgan fingerprint density at radius 1 is 0.242 bits per heavy atom. The van der Waals surface area contributed by atoms with Crippen LogP contribution in [0.1, 0.15) is 0 Å². The Labute approximate surface area is 385 Å². The van der Waals surface area contributed by atoms with E-state index in [1.807, 2.05) is 0 Å². The highest BCUT2D eigenvalue weighted by Gasteiger charge is 2.18. The third kappa shape index (κ3) is 7.02. The molecule has 2 nitrogen and oxygen atoms in total. The monoisotopic (exact) mass is 840 g/mol. The molecular formula is C64H44N2. The van der Waals surface area contributed by atoms with Gasteiger partial charge in [0.05, 0.1) is 11.0 Å². The number of aromatic nitrogens is 1. The molecule has 0 fully saturated rings. The molecule has 0 radical (unpaired) electrons. The second-order valence-electron chi connectivity index (χ2n) is 16.9. The van der Waals surface area contributed by atoms with E-state index >= 15 is 0 Å². The number of para-hydroxylation sites is 2. The highest BCUT2D eigenvalue weighted by molar-refractivity contribution is 6.09. The number of fused-ring (bicyclic) bond motifs is 4. The van der Waals surface area contributed by atoms with Crippen molar-refractivity contribution >= 4 is 49.6 Å². The standard InChI is InChI=1S/C64H44N2/c1-2-18-47(19-3-1)55-23-6-8-25-57(55)59-27-10-11-28-60(59)58-26-9-7-24-56(58)48-36-40-52(41-37-48)65(54-42-35-45-17-4-5-20-49(45)44-54)51-38-33-46(34-39-51)50-21-16-22-53(43-50)66-63-31-14-12-29-61(63)62-30-13-15-32-64(62)66/h1-44H. The Balaban J connectivity index is 0.916. The maximum Gasteiger partial charge on any atom is 0.0541 e. The lowest BCUT2D eigenvalue weighted by Crippen LogP contribution is -2.09. The van der Waals surface area contributed by atoms with Crippen molar-refractivity contribution in [2.45, 2.75) is 0 Å². The first-order valence-corrected chi connectivity index (χ1v) is 22.7. The van der Waals surface area contributed by atoms with Crippen LogP contribution >= 0.6 is 0 Å². The van der Waals surface area contributed by atoms with Gasteiger partial charge in [0.1, 0.15) is 0 Å². The van der Waals surface area contributed by atoms with Crippen LogP contribution in [0.4, 0.5) is 17.1 Å². The van der Waals surface area contributed by atoms with Gasteiger partial charge in [-0.05, 0) is 127 Å². The number of hydrogen-bond donors (Lipinski definition) is 0. The van der Waals surface area contributed by atoms with Gasteiger partial charge in [-0.15, -0.1) is 0 Å². The van der Waals surface area contributed by atoms with E-state index in [4.69, 9.17) is 0 Å². The first-order valence-electron chi connectivity index (χ1n) is 22.7. The summed E-state index contributed by atoms with van der Waals surface area (Å²) in [5.74, 6) is 0. The van der Waals surface area contributed by atoms with Crippen LogP contribution < -0.4 is 4.90 Å². The molecule has 11 aromatic carbocycles. The molecule has 0 N–H and O–H groups in total. The minimum atomic E-state index is 1.09. The molecule has 0 unspecified atom stereocenters. The van der Waals surface area contributed by atoms with E-state index in [1.165, 1.54) is 82.6 Å². The van der Waals surface area contributed by atoms with Crippen LogP contribution in [0.25, 0.3) is 93.9 Å². The summed E-state index contributed by atoms with van der Waals surface area (Å²) >= 11 is 0. The van der Waals surface area contributed by atoms with Crippen molar-refractivity contribution < 1.29 is 0 Å². The third-order valence-electron chi connectivity index (χ3n) is 13.0. The molecule has 310 valence electrons. The number of hydrogen-bond acceptors (Lipinski definition) is 1. The number of rotatable bonds is 9. The maximum atomic E-state index is 2.38. The highest BCUT2D eigenvalue weighted by Crippen LogP contribution is 2.43. The van der Waals surface area contributed by atoms with Crippen LogP contribution in [0, 0.1) is 0 Å². The fourth-order valence-electron chi connectivity index (χ4n) is 9.89.